The summed E-state index contributed by atoms with van der Waals surface area (Å²) >= 11 is 0. The third-order valence-electron chi connectivity index (χ3n) is 6.41. The van der Waals surface area contributed by atoms with E-state index >= 15 is 0 Å². The van der Waals surface area contributed by atoms with Crippen LogP contribution in [0.2, 0.25) is 0 Å². The Morgan fingerprint density at radius 1 is 0.970 bits per heavy atom. The summed E-state index contributed by atoms with van der Waals surface area (Å²) in [6, 6.07) is 11.0. The van der Waals surface area contributed by atoms with Crippen molar-refractivity contribution in [3.05, 3.63) is 59.5 Å². The van der Waals surface area contributed by atoms with Crippen LogP contribution in [0.1, 0.15) is 18.4 Å². The predicted octanol–water partition coefficient (Wildman–Crippen LogP) is 3.15. The summed E-state index contributed by atoms with van der Waals surface area (Å²) in [5.74, 6) is -0.777. The molecule has 2 aromatic rings. The zero-order valence-electron chi connectivity index (χ0n) is 19.3. The number of piperidine rings is 1. The van der Waals surface area contributed by atoms with E-state index in [0.29, 0.717) is 17.1 Å². The lowest BCUT2D eigenvalue weighted by molar-refractivity contribution is -0.120. The van der Waals surface area contributed by atoms with E-state index in [-0.39, 0.29) is 23.0 Å². The molecule has 0 spiro atoms. The number of hydrogen-bond donors (Lipinski definition) is 0. The number of hydrogen-bond acceptors (Lipinski definition) is 6. The summed E-state index contributed by atoms with van der Waals surface area (Å²) < 4.78 is 25.4. The van der Waals surface area contributed by atoms with Gasteiger partial charge in [0.15, 0.2) is 11.5 Å². The third-order valence-corrected chi connectivity index (χ3v) is 6.41. The minimum absolute atomic E-state index is 0.0581. The SMILES string of the molecule is COc1ccc(C2=C(N(C)C3CCN(C)CC3)C(=O)N(c3ccccc3F)C2=O)cc1OC. The van der Waals surface area contributed by atoms with Gasteiger partial charge in [-0.05, 0) is 62.8 Å². The quantitative estimate of drug-likeness (QED) is 0.627. The molecule has 0 aliphatic carbocycles. The minimum atomic E-state index is -0.631. The van der Waals surface area contributed by atoms with Crippen LogP contribution in [0.5, 0.6) is 11.5 Å². The Morgan fingerprint density at radius 2 is 1.64 bits per heavy atom. The highest BCUT2D eigenvalue weighted by Gasteiger charge is 2.44. The average Bonchev–Trinajstić information content (AvgIpc) is 3.08. The third kappa shape index (κ3) is 4.06. The van der Waals surface area contributed by atoms with Crippen LogP contribution in [-0.4, -0.2) is 69.1 Å². The van der Waals surface area contributed by atoms with Gasteiger partial charge in [0.25, 0.3) is 11.8 Å². The molecule has 7 nitrogen and oxygen atoms in total. The normalized spacial score (nSPS) is 17.7. The van der Waals surface area contributed by atoms with Crippen LogP contribution in [0.15, 0.2) is 48.2 Å². The van der Waals surface area contributed by atoms with Crippen molar-refractivity contribution in [1.29, 1.82) is 0 Å². The first-order chi connectivity index (χ1) is 15.9. The van der Waals surface area contributed by atoms with Crippen molar-refractivity contribution < 1.29 is 23.5 Å². The van der Waals surface area contributed by atoms with Crippen LogP contribution in [0, 0.1) is 5.82 Å². The Kier molecular flexibility index (Phi) is 6.37. The summed E-state index contributed by atoms with van der Waals surface area (Å²) in [7, 11) is 6.94. The molecule has 0 unspecified atom stereocenters. The van der Waals surface area contributed by atoms with Gasteiger partial charge in [0, 0.05) is 13.1 Å². The van der Waals surface area contributed by atoms with Crippen LogP contribution in [0.25, 0.3) is 5.57 Å². The largest absolute Gasteiger partial charge is 0.493 e. The van der Waals surface area contributed by atoms with Crippen molar-refractivity contribution in [3.63, 3.8) is 0 Å². The van der Waals surface area contributed by atoms with Gasteiger partial charge in [-0.1, -0.05) is 18.2 Å². The number of halogens is 1. The van der Waals surface area contributed by atoms with Crippen molar-refractivity contribution >= 4 is 23.1 Å². The van der Waals surface area contributed by atoms with Crippen LogP contribution in [0.3, 0.4) is 0 Å². The molecule has 2 heterocycles. The molecule has 0 bridgehead atoms. The van der Waals surface area contributed by atoms with Crippen molar-refractivity contribution in [2.24, 2.45) is 0 Å². The molecule has 1 fully saturated rings. The first-order valence-corrected chi connectivity index (χ1v) is 10.9. The van der Waals surface area contributed by atoms with Crippen LogP contribution >= 0.6 is 0 Å². The summed E-state index contributed by atoms with van der Waals surface area (Å²) in [5.41, 5.74) is 0.951. The molecular weight excluding hydrogens is 425 g/mol. The fourth-order valence-electron chi connectivity index (χ4n) is 4.51. The lowest BCUT2D eigenvalue weighted by Gasteiger charge is -2.36. The Hall–Kier alpha value is -3.39. The summed E-state index contributed by atoms with van der Waals surface area (Å²) in [6.45, 7) is 1.79. The van der Waals surface area contributed by atoms with E-state index in [2.05, 4.69) is 11.9 Å². The molecule has 33 heavy (non-hydrogen) atoms. The van der Waals surface area contributed by atoms with E-state index in [9.17, 15) is 14.0 Å². The fourth-order valence-corrected chi connectivity index (χ4v) is 4.51. The van der Waals surface area contributed by atoms with E-state index in [0.717, 1.165) is 30.8 Å². The highest BCUT2D eigenvalue weighted by Crippen LogP contribution is 2.39. The maximum absolute atomic E-state index is 14.6. The van der Waals surface area contributed by atoms with Gasteiger partial charge in [0.1, 0.15) is 11.5 Å². The highest BCUT2D eigenvalue weighted by atomic mass is 19.1. The topological polar surface area (TPSA) is 62.3 Å². The van der Waals surface area contributed by atoms with Crippen LogP contribution in [-0.2, 0) is 9.59 Å². The van der Waals surface area contributed by atoms with Gasteiger partial charge in [0.2, 0.25) is 0 Å². The van der Waals surface area contributed by atoms with E-state index in [1.807, 2.05) is 11.9 Å². The Morgan fingerprint density at radius 3 is 2.27 bits per heavy atom. The molecule has 0 radical (unpaired) electrons. The average molecular weight is 454 g/mol. The maximum Gasteiger partial charge on any atom is 0.282 e. The van der Waals surface area contributed by atoms with Crippen LogP contribution < -0.4 is 14.4 Å². The number of nitrogens with zero attached hydrogens (tertiary/aromatic N) is 3. The van der Waals surface area contributed by atoms with E-state index in [4.69, 9.17) is 9.47 Å². The van der Waals surface area contributed by atoms with Crippen molar-refractivity contribution in [3.8, 4) is 11.5 Å². The summed E-state index contributed by atoms with van der Waals surface area (Å²) in [4.78, 5) is 32.4. The second-order valence-electron chi connectivity index (χ2n) is 8.34. The molecule has 1 saturated heterocycles. The second kappa shape index (κ2) is 9.23. The molecular formula is C25H28FN3O4. The lowest BCUT2D eigenvalue weighted by Crippen LogP contribution is -2.43. The number of likely N-dealkylation sites (tertiary alicyclic amines) is 1. The summed E-state index contributed by atoms with van der Waals surface area (Å²) in [5, 5.41) is 0. The number of imide groups is 1. The molecule has 0 aromatic heterocycles. The molecule has 2 aliphatic rings. The maximum atomic E-state index is 14.6. The van der Waals surface area contributed by atoms with Crippen molar-refractivity contribution in [2.75, 3.05) is 46.3 Å². The number of benzene rings is 2. The first kappa shape index (κ1) is 22.8. The van der Waals surface area contributed by atoms with E-state index < -0.39 is 17.6 Å². The molecule has 0 atom stereocenters. The molecule has 8 heteroatoms. The van der Waals surface area contributed by atoms with Gasteiger partial charge >= 0.3 is 0 Å². The zero-order chi connectivity index (χ0) is 23.7. The molecule has 174 valence electrons. The molecule has 0 N–H and O–H groups in total. The second-order valence-corrected chi connectivity index (χ2v) is 8.34. The van der Waals surface area contributed by atoms with Gasteiger partial charge in [-0.3, -0.25) is 9.59 Å². The highest BCUT2D eigenvalue weighted by molar-refractivity contribution is 6.45. The molecule has 0 saturated carbocycles. The monoisotopic (exact) mass is 453 g/mol. The Bertz CT molecular complexity index is 1110. The van der Waals surface area contributed by atoms with Crippen molar-refractivity contribution in [2.45, 2.75) is 18.9 Å². The van der Waals surface area contributed by atoms with Gasteiger partial charge < -0.3 is 19.3 Å². The molecule has 2 aromatic carbocycles. The number of para-hydroxylation sites is 1. The summed E-state index contributed by atoms with van der Waals surface area (Å²) in [6.07, 6.45) is 1.72. The molecule has 4 rings (SSSR count). The molecule has 2 amide bonds. The number of methoxy groups -OCH3 is 2. The Balaban J connectivity index is 1.84. The number of carbonyl (C=O) groups is 2. The van der Waals surface area contributed by atoms with Gasteiger partial charge in [-0.25, -0.2) is 9.29 Å². The van der Waals surface area contributed by atoms with Gasteiger partial charge in [-0.15, -0.1) is 0 Å². The zero-order valence-corrected chi connectivity index (χ0v) is 19.3. The molecule has 2 aliphatic heterocycles. The lowest BCUT2D eigenvalue weighted by atomic mass is 10.00. The number of rotatable bonds is 6. The number of likely N-dealkylation sites (N-methyl/N-ethyl adjacent to an activating group) is 1. The van der Waals surface area contributed by atoms with Crippen LogP contribution in [0.4, 0.5) is 10.1 Å². The number of anilines is 1. The fraction of sp³-hybridized carbons (Fsp3) is 0.360. The standard InChI is InChI=1S/C25H28FN3O4/c1-27-13-11-17(12-14-27)28(2)23-22(16-9-10-20(32-3)21(15-16)33-4)24(30)29(25(23)31)19-8-6-5-7-18(19)26/h5-10,15,17H,11-14H2,1-4H3. The van der Waals surface area contributed by atoms with E-state index in [1.165, 1.54) is 32.4 Å². The number of amides is 2. The number of carbonyl (C=O) groups excluding carboxylic acids is 2. The van der Waals surface area contributed by atoms with Gasteiger partial charge in [0.05, 0.1) is 25.5 Å². The predicted molar refractivity (Wildman–Crippen MR) is 124 cm³/mol. The number of ether oxygens (including phenoxy) is 2. The smallest absolute Gasteiger partial charge is 0.282 e. The van der Waals surface area contributed by atoms with E-state index in [1.54, 1.807) is 24.3 Å². The van der Waals surface area contributed by atoms with Crippen molar-refractivity contribution in [1.82, 2.24) is 9.80 Å². The minimum Gasteiger partial charge on any atom is -0.493 e. The van der Waals surface area contributed by atoms with Gasteiger partial charge in [-0.2, -0.15) is 0 Å². The first-order valence-electron chi connectivity index (χ1n) is 10.9. The Labute approximate surface area is 193 Å².